The minimum Gasteiger partial charge on any atom is -0.497 e. The van der Waals surface area contributed by atoms with Crippen LogP contribution in [-0.2, 0) is 11.3 Å². The molecule has 1 aromatic heterocycles. The van der Waals surface area contributed by atoms with Gasteiger partial charge in [-0.3, -0.25) is 14.3 Å². The number of amides is 2. The first-order chi connectivity index (χ1) is 13.0. The molecule has 0 spiro atoms. The van der Waals surface area contributed by atoms with Crippen molar-refractivity contribution >= 4 is 23.2 Å². The van der Waals surface area contributed by atoms with Crippen molar-refractivity contribution in [3.8, 4) is 5.75 Å². The maximum Gasteiger partial charge on any atom is 0.255 e. The van der Waals surface area contributed by atoms with Gasteiger partial charge >= 0.3 is 0 Å². The SMILES string of the molecule is COc1ccc(NC(=O)c2ccc(NC(=O)Cn3cc(C)cn3)cc2)cc1. The zero-order chi connectivity index (χ0) is 19.2. The van der Waals surface area contributed by atoms with E-state index in [1.54, 1.807) is 72.7 Å². The van der Waals surface area contributed by atoms with Gasteiger partial charge in [0.1, 0.15) is 12.3 Å². The Bertz CT molecular complexity index is 931. The quantitative estimate of drug-likeness (QED) is 0.704. The fraction of sp³-hybridized carbons (Fsp3) is 0.150. The third kappa shape index (κ3) is 4.94. The van der Waals surface area contributed by atoms with Crippen LogP contribution in [0.1, 0.15) is 15.9 Å². The van der Waals surface area contributed by atoms with Crippen LogP contribution >= 0.6 is 0 Å². The molecule has 0 radical (unpaired) electrons. The number of benzene rings is 2. The van der Waals surface area contributed by atoms with Crippen molar-refractivity contribution in [1.82, 2.24) is 9.78 Å². The standard InChI is InChI=1S/C20H20N4O3/c1-14-11-21-24(12-14)13-19(25)22-16-5-3-15(4-6-16)20(26)23-17-7-9-18(27-2)10-8-17/h3-12H,13H2,1-2H3,(H,22,25)(H,23,26). The number of anilines is 2. The van der Waals surface area contributed by atoms with E-state index in [1.807, 2.05) is 6.92 Å². The molecule has 0 bridgehead atoms. The molecular formula is C20H20N4O3. The Hall–Kier alpha value is -3.61. The lowest BCUT2D eigenvalue weighted by molar-refractivity contribution is -0.116. The van der Waals surface area contributed by atoms with Crippen LogP contribution < -0.4 is 15.4 Å². The predicted molar refractivity (Wildman–Crippen MR) is 103 cm³/mol. The zero-order valence-corrected chi connectivity index (χ0v) is 15.1. The first kappa shape index (κ1) is 18.2. The zero-order valence-electron chi connectivity index (χ0n) is 15.1. The van der Waals surface area contributed by atoms with E-state index in [2.05, 4.69) is 15.7 Å². The van der Waals surface area contributed by atoms with E-state index in [0.29, 0.717) is 16.9 Å². The topological polar surface area (TPSA) is 85.3 Å². The minimum atomic E-state index is -0.231. The molecular weight excluding hydrogens is 344 g/mol. The molecule has 0 saturated heterocycles. The number of aryl methyl sites for hydroxylation is 1. The van der Waals surface area contributed by atoms with Crippen LogP contribution in [0.3, 0.4) is 0 Å². The van der Waals surface area contributed by atoms with E-state index in [-0.39, 0.29) is 18.4 Å². The molecule has 7 heteroatoms. The summed E-state index contributed by atoms with van der Waals surface area (Å²) in [4.78, 5) is 24.3. The van der Waals surface area contributed by atoms with Crippen molar-refractivity contribution in [2.45, 2.75) is 13.5 Å². The highest BCUT2D eigenvalue weighted by atomic mass is 16.5. The van der Waals surface area contributed by atoms with Crippen molar-refractivity contribution in [3.05, 3.63) is 72.1 Å². The summed E-state index contributed by atoms with van der Waals surface area (Å²) in [6, 6.07) is 13.8. The minimum absolute atomic E-state index is 0.132. The Balaban J connectivity index is 1.57. The number of hydrogen-bond acceptors (Lipinski definition) is 4. The van der Waals surface area contributed by atoms with E-state index < -0.39 is 0 Å². The van der Waals surface area contributed by atoms with Crippen LogP contribution in [-0.4, -0.2) is 28.7 Å². The lowest BCUT2D eigenvalue weighted by Crippen LogP contribution is -2.19. The van der Waals surface area contributed by atoms with Gasteiger partial charge in [0.05, 0.1) is 13.3 Å². The Morgan fingerprint density at radius 2 is 1.63 bits per heavy atom. The summed E-state index contributed by atoms with van der Waals surface area (Å²) >= 11 is 0. The number of methoxy groups -OCH3 is 1. The van der Waals surface area contributed by atoms with Crippen LogP contribution in [0.4, 0.5) is 11.4 Å². The largest absolute Gasteiger partial charge is 0.497 e. The molecule has 27 heavy (non-hydrogen) atoms. The lowest BCUT2D eigenvalue weighted by Gasteiger charge is -2.08. The van der Waals surface area contributed by atoms with E-state index in [0.717, 1.165) is 11.3 Å². The molecule has 2 aromatic carbocycles. The molecule has 0 unspecified atom stereocenters. The van der Waals surface area contributed by atoms with E-state index in [4.69, 9.17) is 4.74 Å². The number of hydrogen-bond donors (Lipinski definition) is 2. The van der Waals surface area contributed by atoms with Gasteiger partial charge in [-0.2, -0.15) is 5.10 Å². The molecule has 0 atom stereocenters. The Kier molecular flexibility index (Phi) is 5.51. The van der Waals surface area contributed by atoms with Crippen LogP contribution in [0.15, 0.2) is 60.9 Å². The second-order valence-electron chi connectivity index (χ2n) is 6.02. The first-order valence-corrected chi connectivity index (χ1v) is 8.38. The van der Waals surface area contributed by atoms with Crippen LogP contribution in [0, 0.1) is 6.92 Å². The van der Waals surface area contributed by atoms with Gasteiger partial charge in [0.25, 0.3) is 5.91 Å². The van der Waals surface area contributed by atoms with Crippen LogP contribution in [0.5, 0.6) is 5.75 Å². The van der Waals surface area contributed by atoms with Gasteiger partial charge < -0.3 is 15.4 Å². The first-order valence-electron chi connectivity index (χ1n) is 8.38. The smallest absolute Gasteiger partial charge is 0.255 e. The van der Waals surface area contributed by atoms with Crippen molar-refractivity contribution in [3.63, 3.8) is 0 Å². The Morgan fingerprint density at radius 1 is 1.00 bits per heavy atom. The van der Waals surface area contributed by atoms with E-state index >= 15 is 0 Å². The average Bonchev–Trinajstić information content (AvgIpc) is 3.07. The normalized spacial score (nSPS) is 10.3. The lowest BCUT2D eigenvalue weighted by atomic mass is 10.2. The summed E-state index contributed by atoms with van der Waals surface area (Å²) in [6.07, 6.45) is 3.50. The fourth-order valence-corrected chi connectivity index (χ4v) is 2.48. The third-order valence-electron chi connectivity index (χ3n) is 3.85. The maximum atomic E-state index is 12.3. The van der Waals surface area contributed by atoms with Gasteiger partial charge in [-0.15, -0.1) is 0 Å². The van der Waals surface area contributed by atoms with Gasteiger partial charge in [-0.05, 0) is 61.0 Å². The maximum absolute atomic E-state index is 12.3. The number of ether oxygens (including phenoxy) is 1. The highest BCUT2D eigenvalue weighted by Crippen LogP contribution is 2.17. The number of nitrogens with zero attached hydrogens (tertiary/aromatic N) is 2. The van der Waals surface area contributed by atoms with Crippen LogP contribution in [0.2, 0.25) is 0 Å². The summed E-state index contributed by atoms with van der Waals surface area (Å²) < 4.78 is 6.66. The van der Waals surface area contributed by atoms with Gasteiger partial charge in [0.2, 0.25) is 5.91 Å². The molecule has 138 valence electrons. The van der Waals surface area contributed by atoms with Gasteiger partial charge in [-0.1, -0.05) is 0 Å². The van der Waals surface area contributed by atoms with Gasteiger partial charge in [0.15, 0.2) is 0 Å². The summed E-state index contributed by atoms with van der Waals surface area (Å²) in [6.45, 7) is 2.05. The Morgan fingerprint density at radius 3 is 2.22 bits per heavy atom. The predicted octanol–water partition coefficient (Wildman–Crippen LogP) is 3.09. The molecule has 7 nitrogen and oxygen atoms in total. The summed E-state index contributed by atoms with van der Waals surface area (Å²) in [7, 11) is 1.59. The molecule has 0 aliphatic heterocycles. The molecule has 0 fully saturated rings. The highest BCUT2D eigenvalue weighted by Gasteiger charge is 2.08. The van der Waals surface area contributed by atoms with Gasteiger partial charge in [-0.25, -0.2) is 0 Å². The molecule has 0 aliphatic rings. The molecule has 3 rings (SSSR count). The Labute approximate surface area is 157 Å². The molecule has 0 aliphatic carbocycles. The second-order valence-corrected chi connectivity index (χ2v) is 6.02. The van der Waals surface area contributed by atoms with Crippen molar-refractivity contribution in [2.75, 3.05) is 17.7 Å². The molecule has 1 heterocycles. The number of carbonyl (C=O) groups excluding carboxylic acids is 2. The van der Waals surface area contributed by atoms with E-state index in [9.17, 15) is 9.59 Å². The number of nitrogens with one attached hydrogen (secondary N) is 2. The summed E-state index contributed by atoms with van der Waals surface area (Å²) in [5.41, 5.74) is 2.78. The molecule has 3 aromatic rings. The molecule has 0 saturated carbocycles. The highest BCUT2D eigenvalue weighted by molar-refractivity contribution is 6.04. The molecule has 2 amide bonds. The monoisotopic (exact) mass is 364 g/mol. The van der Waals surface area contributed by atoms with Crippen LogP contribution in [0.25, 0.3) is 0 Å². The van der Waals surface area contributed by atoms with Crippen molar-refractivity contribution < 1.29 is 14.3 Å². The van der Waals surface area contributed by atoms with Gasteiger partial charge in [0, 0.05) is 23.1 Å². The number of carbonyl (C=O) groups is 2. The van der Waals surface area contributed by atoms with Crippen molar-refractivity contribution in [1.29, 1.82) is 0 Å². The second kappa shape index (κ2) is 8.18. The average molecular weight is 364 g/mol. The number of aromatic nitrogens is 2. The van der Waals surface area contributed by atoms with Crippen molar-refractivity contribution in [2.24, 2.45) is 0 Å². The summed E-state index contributed by atoms with van der Waals surface area (Å²) in [5, 5.41) is 9.67. The summed E-state index contributed by atoms with van der Waals surface area (Å²) in [5.74, 6) is 0.303. The fourth-order valence-electron chi connectivity index (χ4n) is 2.48. The third-order valence-corrected chi connectivity index (χ3v) is 3.85. The number of rotatable bonds is 6. The molecule has 2 N–H and O–H groups in total. The van der Waals surface area contributed by atoms with E-state index in [1.165, 1.54) is 0 Å².